The van der Waals surface area contributed by atoms with Crippen LogP contribution in [0, 0.1) is 6.92 Å². The second kappa shape index (κ2) is 13.2. The Labute approximate surface area is 234 Å². The highest BCUT2D eigenvalue weighted by Crippen LogP contribution is 2.34. The fraction of sp³-hybridized carbons (Fsp3) is 0.517. The van der Waals surface area contributed by atoms with Crippen molar-refractivity contribution in [3.05, 3.63) is 59.4 Å². The number of hydrogen-bond donors (Lipinski definition) is 6. The first-order valence-electron chi connectivity index (χ1n) is 13.0. The summed E-state index contributed by atoms with van der Waals surface area (Å²) in [5.74, 6) is -4.64. The van der Waals surface area contributed by atoms with Gasteiger partial charge in [0.15, 0.2) is 5.60 Å². The minimum atomic E-state index is -2.74. The van der Waals surface area contributed by atoms with Crippen molar-refractivity contribution in [1.82, 2.24) is 15.2 Å². The Morgan fingerprint density at radius 2 is 1.48 bits per heavy atom. The molecule has 40 heavy (non-hydrogen) atoms. The molecule has 1 fully saturated rings. The molecular formula is C29H41N3O8. The van der Waals surface area contributed by atoms with Gasteiger partial charge in [-0.25, -0.2) is 4.79 Å². The van der Waals surface area contributed by atoms with Crippen LogP contribution in [-0.4, -0.2) is 76.0 Å². The molecule has 6 N–H and O–H groups in total. The third-order valence-electron chi connectivity index (χ3n) is 6.71. The van der Waals surface area contributed by atoms with Crippen LogP contribution in [0.15, 0.2) is 42.7 Å². The highest BCUT2D eigenvalue weighted by molar-refractivity contribution is 5.88. The number of aliphatic hydroxyl groups is 1. The van der Waals surface area contributed by atoms with Crippen LogP contribution in [0.4, 0.5) is 0 Å². The highest BCUT2D eigenvalue weighted by atomic mass is 16.4. The summed E-state index contributed by atoms with van der Waals surface area (Å²) < 4.78 is 0. The van der Waals surface area contributed by atoms with Crippen molar-refractivity contribution in [2.75, 3.05) is 0 Å². The van der Waals surface area contributed by atoms with Gasteiger partial charge in [0, 0.05) is 48.2 Å². The summed E-state index contributed by atoms with van der Waals surface area (Å²) in [5, 5.41) is 48.0. The molecule has 1 aliphatic rings. The zero-order valence-corrected chi connectivity index (χ0v) is 23.7. The topological polar surface area (TPSA) is 181 Å². The number of piperidine rings is 1. The fourth-order valence-corrected chi connectivity index (χ4v) is 5.34. The van der Waals surface area contributed by atoms with Crippen LogP contribution in [0.25, 0.3) is 0 Å². The van der Waals surface area contributed by atoms with Crippen molar-refractivity contribution in [2.45, 2.75) is 96.1 Å². The Balaban J connectivity index is 0.000000366. The normalized spacial score (nSPS) is 16.6. The maximum atomic E-state index is 10.4. The first-order valence-corrected chi connectivity index (χ1v) is 13.0. The molecule has 0 saturated carbocycles. The van der Waals surface area contributed by atoms with Gasteiger partial charge in [-0.15, -0.1) is 0 Å². The third kappa shape index (κ3) is 10.2. The number of hydrogen-bond acceptors (Lipinski definition) is 8. The zero-order valence-electron chi connectivity index (χ0n) is 23.7. The number of carboxylic acids is 3. The lowest BCUT2D eigenvalue weighted by Crippen LogP contribution is -2.62. The van der Waals surface area contributed by atoms with Gasteiger partial charge in [-0.2, -0.15) is 0 Å². The SMILES string of the molecule is Cc1ccc(O)c(CN(Cc2ccncc2)C2CC(C)(C)NC(C)(C)C2)c1.O=C(O)CC(O)(CC(=O)O)C(=O)O. The van der Waals surface area contributed by atoms with Gasteiger partial charge in [0.1, 0.15) is 5.75 Å². The van der Waals surface area contributed by atoms with Crippen LogP contribution in [-0.2, 0) is 27.5 Å². The van der Waals surface area contributed by atoms with Crippen molar-refractivity contribution in [3.63, 3.8) is 0 Å². The van der Waals surface area contributed by atoms with Crippen molar-refractivity contribution in [3.8, 4) is 5.75 Å². The smallest absolute Gasteiger partial charge is 0.336 e. The molecule has 220 valence electrons. The van der Waals surface area contributed by atoms with Crippen molar-refractivity contribution >= 4 is 17.9 Å². The van der Waals surface area contributed by atoms with E-state index in [1.165, 1.54) is 11.1 Å². The molecule has 0 bridgehead atoms. The largest absolute Gasteiger partial charge is 0.508 e. The zero-order chi connectivity index (χ0) is 30.3. The van der Waals surface area contributed by atoms with E-state index in [4.69, 9.17) is 20.4 Å². The van der Waals surface area contributed by atoms with Crippen molar-refractivity contribution in [2.24, 2.45) is 0 Å². The molecule has 0 aliphatic carbocycles. The lowest BCUT2D eigenvalue weighted by Gasteiger charge is -2.49. The van der Waals surface area contributed by atoms with E-state index in [0.29, 0.717) is 11.8 Å². The molecule has 0 radical (unpaired) electrons. The number of phenolic OH excluding ortho intramolecular Hbond substituents is 1. The Hall–Kier alpha value is -3.54. The lowest BCUT2D eigenvalue weighted by atomic mass is 9.78. The molecular weight excluding hydrogens is 518 g/mol. The van der Waals surface area contributed by atoms with Gasteiger partial charge in [0.25, 0.3) is 0 Å². The van der Waals surface area contributed by atoms with Gasteiger partial charge >= 0.3 is 17.9 Å². The molecule has 2 aromatic rings. The summed E-state index contributed by atoms with van der Waals surface area (Å²) in [6.07, 6.45) is 3.58. The number of benzene rings is 1. The number of aromatic hydroxyl groups is 1. The van der Waals surface area contributed by atoms with Gasteiger partial charge in [-0.3, -0.25) is 19.5 Å². The molecule has 1 aromatic carbocycles. The molecule has 0 spiro atoms. The maximum absolute atomic E-state index is 10.4. The van der Waals surface area contributed by atoms with Crippen LogP contribution in [0.2, 0.25) is 0 Å². The molecule has 11 nitrogen and oxygen atoms in total. The molecule has 2 heterocycles. The molecule has 0 amide bonds. The number of nitrogens with one attached hydrogen (secondary N) is 1. The molecule has 1 aromatic heterocycles. The number of carbonyl (C=O) groups is 3. The van der Waals surface area contributed by atoms with Gasteiger partial charge in [-0.05, 0) is 71.2 Å². The van der Waals surface area contributed by atoms with Crippen LogP contribution >= 0.6 is 0 Å². The molecule has 0 atom stereocenters. The van der Waals surface area contributed by atoms with E-state index in [2.05, 4.69) is 68.0 Å². The number of aromatic nitrogens is 1. The number of aliphatic carboxylic acids is 3. The number of carboxylic acid groups (broad SMARTS) is 3. The first kappa shape index (κ1) is 32.7. The van der Waals surface area contributed by atoms with E-state index in [-0.39, 0.29) is 11.1 Å². The number of nitrogens with zero attached hydrogens (tertiary/aromatic N) is 2. The maximum Gasteiger partial charge on any atom is 0.336 e. The fourth-order valence-electron chi connectivity index (χ4n) is 5.34. The van der Waals surface area contributed by atoms with Crippen molar-refractivity contribution in [1.29, 1.82) is 0 Å². The number of phenols is 1. The summed E-state index contributed by atoms with van der Waals surface area (Å²) in [6, 6.07) is 10.5. The summed E-state index contributed by atoms with van der Waals surface area (Å²) in [7, 11) is 0. The Bertz CT molecular complexity index is 1150. The number of aryl methyl sites for hydroxylation is 1. The molecule has 1 aliphatic heterocycles. The van der Waals surface area contributed by atoms with Crippen LogP contribution in [0.3, 0.4) is 0 Å². The average molecular weight is 560 g/mol. The third-order valence-corrected chi connectivity index (χ3v) is 6.71. The minimum Gasteiger partial charge on any atom is -0.508 e. The minimum absolute atomic E-state index is 0.0809. The Morgan fingerprint density at radius 3 is 1.95 bits per heavy atom. The summed E-state index contributed by atoms with van der Waals surface area (Å²) >= 11 is 0. The molecule has 3 rings (SSSR count). The van der Waals surface area contributed by atoms with Crippen LogP contribution < -0.4 is 5.32 Å². The predicted octanol–water partition coefficient (Wildman–Crippen LogP) is 3.16. The van der Waals surface area contributed by atoms with E-state index in [1.54, 1.807) is 0 Å². The van der Waals surface area contributed by atoms with Crippen molar-refractivity contribution < 1.29 is 39.9 Å². The quantitative estimate of drug-likeness (QED) is 0.252. The van der Waals surface area contributed by atoms with Gasteiger partial charge in [0.2, 0.25) is 0 Å². The molecule has 0 unspecified atom stereocenters. The summed E-state index contributed by atoms with van der Waals surface area (Å²) in [6.45, 7) is 12.8. The summed E-state index contributed by atoms with van der Waals surface area (Å²) in [5.41, 5.74) is 0.856. The van der Waals surface area contributed by atoms with E-state index in [1.807, 2.05) is 24.5 Å². The van der Waals surface area contributed by atoms with Gasteiger partial charge in [0.05, 0.1) is 12.8 Å². The second-order valence-electron chi connectivity index (χ2n) is 11.8. The molecule has 11 heteroatoms. The second-order valence-corrected chi connectivity index (χ2v) is 11.8. The average Bonchev–Trinajstić information content (AvgIpc) is 2.79. The number of pyridine rings is 1. The summed E-state index contributed by atoms with van der Waals surface area (Å²) in [4.78, 5) is 37.2. The monoisotopic (exact) mass is 559 g/mol. The first-order chi connectivity index (χ1) is 18.4. The van der Waals surface area contributed by atoms with E-state index in [0.717, 1.165) is 31.5 Å². The number of rotatable bonds is 10. The standard InChI is InChI=1S/C23H33N3O.C6H8O7/c1-17-6-7-21(27)19(12-17)16-26(15-18-8-10-24-11-9-18)20-13-22(2,3)25-23(4,5)14-20;7-3(8)1-6(13,5(11)12)2-4(9)10/h6-12,20,25,27H,13-16H2,1-5H3;13H,1-2H2,(H,7,8)(H,9,10)(H,11,12). The van der Waals surface area contributed by atoms with Crippen LogP contribution in [0.5, 0.6) is 5.75 Å². The van der Waals surface area contributed by atoms with E-state index in [9.17, 15) is 19.5 Å². The van der Waals surface area contributed by atoms with Gasteiger partial charge < -0.3 is 30.8 Å². The lowest BCUT2D eigenvalue weighted by molar-refractivity contribution is -0.170. The molecule has 1 saturated heterocycles. The van der Waals surface area contributed by atoms with E-state index >= 15 is 0 Å². The van der Waals surface area contributed by atoms with Crippen LogP contribution in [0.1, 0.15) is 70.1 Å². The Kier molecular flexibility index (Phi) is 10.8. The predicted molar refractivity (Wildman–Crippen MR) is 148 cm³/mol. The van der Waals surface area contributed by atoms with Gasteiger partial charge in [-0.1, -0.05) is 17.7 Å². The highest BCUT2D eigenvalue weighted by Gasteiger charge is 2.41. The van der Waals surface area contributed by atoms with E-state index < -0.39 is 36.4 Å². The Morgan fingerprint density at radius 1 is 0.950 bits per heavy atom.